The molecule has 0 radical (unpaired) electrons. The van der Waals surface area contributed by atoms with Gasteiger partial charge in [-0.05, 0) is 6.92 Å². The lowest BCUT2D eigenvalue weighted by molar-refractivity contribution is 0.343. The molecule has 2 nitrogen and oxygen atoms in total. The number of ether oxygens (including phenoxy) is 1. The van der Waals surface area contributed by atoms with E-state index in [1.54, 1.807) is 0 Å². The zero-order chi connectivity index (χ0) is 6.41. The van der Waals surface area contributed by atoms with Gasteiger partial charge in [0.05, 0.1) is 19.3 Å². The predicted octanol–water partition coefficient (Wildman–Crippen LogP) is 0.570. The predicted molar refractivity (Wildman–Crippen MR) is 32.7 cm³/mol. The maximum atomic E-state index is 7.76. The van der Waals surface area contributed by atoms with E-state index >= 15 is 0 Å². The summed E-state index contributed by atoms with van der Waals surface area (Å²) in [5.74, 6) is 0. The van der Waals surface area contributed by atoms with Crippen molar-refractivity contribution >= 4 is 0 Å². The van der Waals surface area contributed by atoms with Crippen LogP contribution in [0, 0.1) is 0 Å². The van der Waals surface area contributed by atoms with Gasteiger partial charge in [-0.1, -0.05) is 6.08 Å². The Morgan fingerprint density at radius 3 is 2.25 bits per heavy atom. The van der Waals surface area contributed by atoms with Crippen LogP contribution in [0.15, 0.2) is 12.7 Å². The van der Waals surface area contributed by atoms with Gasteiger partial charge in [-0.3, -0.25) is 0 Å². The number of aliphatic hydroxyl groups is 1. The molecule has 0 saturated carbocycles. The van der Waals surface area contributed by atoms with Crippen LogP contribution in [0.3, 0.4) is 0 Å². The summed E-state index contributed by atoms with van der Waals surface area (Å²) in [6.07, 6.45) is 2.01. The van der Waals surface area contributed by atoms with Crippen LogP contribution >= 0.6 is 0 Å². The molecule has 0 aromatic heterocycles. The van der Waals surface area contributed by atoms with Crippen LogP contribution in [0.2, 0.25) is 0 Å². The first-order valence-electron chi connectivity index (χ1n) is 2.64. The van der Waals surface area contributed by atoms with Crippen molar-refractivity contribution in [3.8, 4) is 0 Å². The molecule has 2 heteroatoms. The Morgan fingerprint density at radius 1 is 2.00 bits per heavy atom. The fraction of sp³-hybridized carbons (Fsp3) is 0.667. The van der Waals surface area contributed by atoms with Crippen molar-refractivity contribution in [3.63, 3.8) is 0 Å². The third-order valence-electron chi connectivity index (χ3n) is 0.629. The second-order valence-corrected chi connectivity index (χ2v) is 1.62. The SMILES string of the molecule is C=CCO.CC1CO1. The molecule has 0 aromatic carbocycles. The first-order chi connectivity index (χ1) is 3.81. The lowest BCUT2D eigenvalue weighted by Crippen LogP contribution is -1.62. The summed E-state index contributed by atoms with van der Waals surface area (Å²) in [6.45, 7) is 6.35. The molecule has 0 aliphatic carbocycles. The van der Waals surface area contributed by atoms with E-state index in [4.69, 9.17) is 9.84 Å². The zero-order valence-corrected chi connectivity index (χ0v) is 5.13. The summed E-state index contributed by atoms with van der Waals surface area (Å²) in [5.41, 5.74) is 0. The van der Waals surface area contributed by atoms with Crippen molar-refractivity contribution < 1.29 is 9.84 Å². The van der Waals surface area contributed by atoms with E-state index < -0.39 is 0 Å². The van der Waals surface area contributed by atoms with Crippen molar-refractivity contribution in [3.05, 3.63) is 12.7 Å². The highest BCUT2D eigenvalue weighted by molar-refractivity contribution is 4.60. The molecule has 0 spiro atoms. The summed E-state index contributed by atoms with van der Waals surface area (Å²) in [7, 11) is 0. The molecule has 1 heterocycles. The van der Waals surface area contributed by atoms with Crippen LogP contribution in [0.5, 0.6) is 0 Å². The van der Waals surface area contributed by atoms with Crippen LogP contribution in [0.4, 0.5) is 0 Å². The van der Waals surface area contributed by atoms with Crippen molar-refractivity contribution in [2.24, 2.45) is 0 Å². The van der Waals surface area contributed by atoms with Gasteiger partial charge in [0, 0.05) is 0 Å². The molecule has 0 aromatic rings. The number of rotatable bonds is 1. The molecule has 1 unspecified atom stereocenters. The van der Waals surface area contributed by atoms with Gasteiger partial charge in [0.1, 0.15) is 0 Å². The third kappa shape index (κ3) is 9.18. The van der Waals surface area contributed by atoms with E-state index in [-0.39, 0.29) is 6.61 Å². The van der Waals surface area contributed by atoms with Gasteiger partial charge < -0.3 is 9.84 Å². The maximum Gasteiger partial charge on any atom is 0.0781 e. The Kier molecular flexibility index (Phi) is 4.61. The number of aliphatic hydroxyl groups excluding tert-OH is 1. The molecule has 8 heavy (non-hydrogen) atoms. The zero-order valence-electron chi connectivity index (χ0n) is 5.13. The van der Waals surface area contributed by atoms with Crippen LogP contribution in [-0.4, -0.2) is 24.4 Å². The number of hydrogen-bond donors (Lipinski definition) is 1. The molecule has 1 aliphatic heterocycles. The van der Waals surface area contributed by atoms with Crippen LogP contribution in [0.1, 0.15) is 6.92 Å². The fourth-order valence-electron chi connectivity index (χ4n) is 0.0962. The Balaban J connectivity index is 0.000000122. The summed E-state index contributed by atoms with van der Waals surface area (Å²) in [4.78, 5) is 0. The lowest BCUT2D eigenvalue weighted by atomic mass is 10.6. The van der Waals surface area contributed by atoms with E-state index in [0.29, 0.717) is 6.10 Å². The molecule has 1 fully saturated rings. The average Bonchev–Trinajstić information content (AvgIpc) is 2.52. The topological polar surface area (TPSA) is 32.8 Å². The van der Waals surface area contributed by atoms with Gasteiger partial charge in [-0.15, -0.1) is 6.58 Å². The van der Waals surface area contributed by atoms with E-state index in [2.05, 4.69) is 13.5 Å². The van der Waals surface area contributed by atoms with E-state index in [1.807, 2.05) is 0 Å². The molecule has 1 rings (SSSR count). The Bertz CT molecular complexity index is 57.5. The molecule has 1 atom stereocenters. The second kappa shape index (κ2) is 4.81. The minimum atomic E-state index is 0.0833. The first-order valence-corrected chi connectivity index (χ1v) is 2.64. The average molecular weight is 116 g/mol. The van der Waals surface area contributed by atoms with Crippen molar-refractivity contribution in [1.82, 2.24) is 0 Å². The first kappa shape index (κ1) is 7.66. The molecular weight excluding hydrogens is 104 g/mol. The largest absolute Gasteiger partial charge is 0.392 e. The van der Waals surface area contributed by atoms with Gasteiger partial charge in [0.2, 0.25) is 0 Å². The summed E-state index contributed by atoms with van der Waals surface area (Å²) < 4.78 is 4.71. The molecule has 0 amide bonds. The fourth-order valence-corrected chi connectivity index (χ4v) is 0.0962. The van der Waals surface area contributed by atoms with Crippen LogP contribution in [0.25, 0.3) is 0 Å². The Hall–Kier alpha value is -0.340. The second-order valence-electron chi connectivity index (χ2n) is 1.62. The summed E-state index contributed by atoms with van der Waals surface area (Å²) >= 11 is 0. The van der Waals surface area contributed by atoms with E-state index in [1.165, 1.54) is 6.08 Å². The molecule has 1 aliphatic rings. The summed E-state index contributed by atoms with van der Waals surface area (Å²) in [5, 5.41) is 7.76. The summed E-state index contributed by atoms with van der Waals surface area (Å²) in [6, 6.07) is 0. The Labute approximate surface area is 49.8 Å². The van der Waals surface area contributed by atoms with E-state index in [9.17, 15) is 0 Å². The van der Waals surface area contributed by atoms with Crippen molar-refractivity contribution in [2.75, 3.05) is 13.2 Å². The Morgan fingerprint density at radius 2 is 2.25 bits per heavy atom. The van der Waals surface area contributed by atoms with Gasteiger partial charge in [-0.25, -0.2) is 0 Å². The van der Waals surface area contributed by atoms with Gasteiger partial charge in [0.15, 0.2) is 0 Å². The van der Waals surface area contributed by atoms with Gasteiger partial charge in [-0.2, -0.15) is 0 Å². The molecular formula is C6H12O2. The quantitative estimate of drug-likeness (QED) is 0.401. The molecule has 1 saturated heterocycles. The van der Waals surface area contributed by atoms with Crippen molar-refractivity contribution in [2.45, 2.75) is 13.0 Å². The highest BCUT2D eigenvalue weighted by Gasteiger charge is 2.13. The number of hydrogen-bond acceptors (Lipinski definition) is 2. The lowest BCUT2D eigenvalue weighted by Gasteiger charge is -1.60. The van der Waals surface area contributed by atoms with Crippen LogP contribution in [-0.2, 0) is 4.74 Å². The molecule has 0 bridgehead atoms. The molecule has 48 valence electrons. The van der Waals surface area contributed by atoms with E-state index in [0.717, 1.165) is 6.61 Å². The highest BCUT2D eigenvalue weighted by atomic mass is 16.6. The number of epoxide rings is 1. The molecule has 1 N–H and O–H groups in total. The minimum Gasteiger partial charge on any atom is -0.392 e. The third-order valence-corrected chi connectivity index (χ3v) is 0.629. The van der Waals surface area contributed by atoms with Crippen LogP contribution < -0.4 is 0 Å². The van der Waals surface area contributed by atoms with Gasteiger partial charge in [0.25, 0.3) is 0 Å². The minimum absolute atomic E-state index is 0.0833. The standard InChI is InChI=1S/2C3H6O/c1-3-2-4-3;1-2-3-4/h3H,2H2,1H3;2,4H,1,3H2. The van der Waals surface area contributed by atoms with Crippen molar-refractivity contribution in [1.29, 1.82) is 0 Å². The smallest absolute Gasteiger partial charge is 0.0781 e. The van der Waals surface area contributed by atoms with Gasteiger partial charge >= 0.3 is 0 Å². The normalized spacial score (nSPS) is 23.0. The highest BCUT2D eigenvalue weighted by Crippen LogP contribution is 2.04. The monoisotopic (exact) mass is 116 g/mol. The maximum absolute atomic E-state index is 7.76.